The topological polar surface area (TPSA) is 363 Å². The van der Waals surface area contributed by atoms with Gasteiger partial charge in [-0.25, -0.2) is 15.5 Å². The minimum Gasteiger partial charge on any atom is -0.481 e. The third-order valence-electron chi connectivity index (χ3n) is 18.4. The summed E-state index contributed by atoms with van der Waals surface area (Å²) < 4.78 is 39.5. The first-order valence-electron chi connectivity index (χ1n) is 34.8. The number of hydrogen-bond donors (Lipinski definition) is 6. The van der Waals surface area contributed by atoms with Gasteiger partial charge in [-0.05, 0) is 79.0 Å². The molecule has 0 aromatic heterocycles. The van der Waals surface area contributed by atoms with Crippen LogP contribution in [0.25, 0.3) is 0 Å². The number of likely N-dealkylation sites (N-methyl/N-ethyl adjacent to an activating group) is 2. The van der Waals surface area contributed by atoms with Crippen molar-refractivity contribution in [3.05, 3.63) is 65.7 Å². The zero-order valence-electron chi connectivity index (χ0n) is 60.8. The third-order valence-corrected chi connectivity index (χ3v) is 18.4. The lowest BCUT2D eigenvalue weighted by atomic mass is 9.83. The number of ether oxygens (including phenoxy) is 7. The normalized spacial score (nSPS) is 16.2. The molecule has 27 heteroatoms. The number of aliphatic carboxylic acids is 1. The van der Waals surface area contributed by atoms with Crippen molar-refractivity contribution in [2.24, 2.45) is 59.0 Å². The molecule has 558 valence electrons. The van der Waals surface area contributed by atoms with Gasteiger partial charge < -0.3 is 79.5 Å². The van der Waals surface area contributed by atoms with E-state index >= 15 is 0 Å². The summed E-state index contributed by atoms with van der Waals surface area (Å²) in [5.41, 5.74) is 7.02. The Labute approximate surface area is 585 Å². The van der Waals surface area contributed by atoms with Crippen molar-refractivity contribution in [3.8, 4) is 0 Å². The van der Waals surface area contributed by atoms with Gasteiger partial charge in [0.05, 0.1) is 108 Å². The van der Waals surface area contributed by atoms with E-state index in [9.17, 15) is 53.1 Å². The number of carboxylic acid groups (broad SMARTS) is 1. The van der Waals surface area contributed by atoms with Gasteiger partial charge in [0.15, 0.2) is 11.6 Å². The predicted molar refractivity (Wildman–Crippen MR) is 371 cm³/mol. The molecule has 1 aliphatic heterocycles. The number of amides is 7. The molecule has 2 aromatic carbocycles. The number of benzene rings is 2. The van der Waals surface area contributed by atoms with Gasteiger partial charge in [0.2, 0.25) is 23.6 Å². The number of carbonyl (C=O) groups excluding carboxylic acids is 9. The van der Waals surface area contributed by atoms with Gasteiger partial charge >= 0.3 is 18.1 Å². The molecule has 2 aromatic rings. The van der Waals surface area contributed by atoms with Crippen LogP contribution in [0.2, 0.25) is 0 Å². The maximum Gasteiger partial charge on any atom is 0.410 e. The van der Waals surface area contributed by atoms with Gasteiger partial charge in [0.25, 0.3) is 0 Å². The molecule has 1 saturated heterocycles. The first kappa shape index (κ1) is 86.2. The lowest BCUT2D eigenvalue weighted by molar-refractivity contribution is -0.149. The standard InChI is InChI=1S/C72H116N8O19/c1-14-49(8)66(61(92-12)44-63(85)80-30-19-23-57(80)67(93-13)50(9)58(81)42-54(70(88)89)40-51-20-16-15-17-21-51)78(10)69(87)56(46(2)3)43-60(83)65(48(6)7)79(11)72(91)98-45-52-24-26-55(27-25-52)76-68(86)53(22-18-29-75-71(73)90)41-59(82)64(47(4)5)77-62(84)28-31-94-32-33-95-34-35-96-36-37-97-38-39-99-74/h15-17,20-21,24-27,46-50,53-54,56-57,61,64-67H,14,18-19,22-23,28-45,74H2,1-13H3,(H,76,86)(H,77,84)(H,88,89)(H3,73,75,90)/t49-,50-,53+,54+,56-,57-,61+,64-,65-,66-,67+/m0/s1. The van der Waals surface area contributed by atoms with Crippen LogP contribution in [-0.4, -0.2) is 216 Å². The molecule has 0 radical (unpaired) electrons. The maximum absolute atomic E-state index is 14.9. The van der Waals surface area contributed by atoms with E-state index in [1.54, 1.807) is 75.7 Å². The number of hydrogen-bond acceptors (Lipinski definition) is 19. The lowest BCUT2D eigenvalue weighted by Crippen LogP contribution is -2.54. The molecular formula is C72H116N8O19. The highest BCUT2D eigenvalue weighted by Crippen LogP contribution is 2.33. The Morgan fingerprint density at radius 3 is 1.81 bits per heavy atom. The van der Waals surface area contributed by atoms with Crippen molar-refractivity contribution >= 4 is 64.8 Å². The zero-order chi connectivity index (χ0) is 73.7. The summed E-state index contributed by atoms with van der Waals surface area (Å²) in [4.78, 5) is 145. The van der Waals surface area contributed by atoms with Crippen molar-refractivity contribution in [2.75, 3.05) is 106 Å². The summed E-state index contributed by atoms with van der Waals surface area (Å²) in [6.45, 7) is 19.7. The highest BCUT2D eigenvalue weighted by Gasteiger charge is 2.44. The number of methoxy groups -OCH3 is 2. The van der Waals surface area contributed by atoms with Gasteiger partial charge in [0, 0.05) is 90.5 Å². The predicted octanol–water partition coefficient (Wildman–Crippen LogP) is 6.78. The number of nitrogens with zero attached hydrogens (tertiary/aromatic N) is 3. The molecule has 1 heterocycles. The van der Waals surface area contributed by atoms with E-state index in [2.05, 4.69) is 20.8 Å². The maximum atomic E-state index is 14.9. The number of carboxylic acids is 1. The summed E-state index contributed by atoms with van der Waals surface area (Å²) >= 11 is 0. The van der Waals surface area contributed by atoms with Crippen molar-refractivity contribution in [1.82, 2.24) is 25.3 Å². The fourth-order valence-corrected chi connectivity index (χ4v) is 12.6. The highest BCUT2D eigenvalue weighted by molar-refractivity contribution is 5.97. The van der Waals surface area contributed by atoms with Crippen LogP contribution in [0, 0.1) is 47.3 Å². The number of ketones is 3. The van der Waals surface area contributed by atoms with Gasteiger partial charge in [-0.1, -0.05) is 111 Å². The molecule has 3 rings (SSSR count). The molecule has 0 saturated carbocycles. The summed E-state index contributed by atoms with van der Waals surface area (Å²) in [7, 11) is 6.13. The first-order valence-corrected chi connectivity index (χ1v) is 34.8. The number of primary amides is 1. The summed E-state index contributed by atoms with van der Waals surface area (Å²) in [5, 5.41) is 18.3. The molecule has 0 bridgehead atoms. The van der Waals surface area contributed by atoms with Crippen LogP contribution in [0.1, 0.15) is 138 Å². The van der Waals surface area contributed by atoms with Crippen LogP contribution < -0.4 is 27.6 Å². The number of Topliss-reactive ketones (excluding diaryl/α,β-unsaturated/α-hetero) is 3. The van der Waals surface area contributed by atoms with Gasteiger partial charge in [-0.2, -0.15) is 0 Å². The molecular weight excluding hydrogens is 1280 g/mol. The minimum atomic E-state index is -1.07. The Hall–Kier alpha value is -6.98. The SMILES string of the molecule is CC[C@H](C)[C@@H]([C@@H](CC(=O)N1CCC[C@H]1[C@H](OC)[C@@H](C)C(=O)C[C@@H](Cc1ccccc1)C(=O)O)OC)N(C)C(=O)[C@@H](CC(=O)[C@H](C(C)C)N(C)C(=O)OCc1ccc(NC(=O)[C@H](CCCNC(N)=O)CC(=O)[C@@H](NC(=O)CCOCCOCCOCCOCCON)C(C)C)cc1)C(C)C. The number of nitrogens with one attached hydrogen (secondary N) is 3. The number of rotatable bonds is 51. The number of carbonyl (C=O) groups is 10. The second kappa shape index (κ2) is 46.4. The van der Waals surface area contributed by atoms with Crippen molar-refractivity contribution in [1.29, 1.82) is 0 Å². The Bertz CT molecular complexity index is 2790. The molecule has 11 atom stereocenters. The Morgan fingerprint density at radius 2 is 1.27 bits per heavy atom. The van der Waals surface area contributed by atoms with Crippen LogP contribution in [0.3, 0.4) is 0 Å². The van der Waals surface area contributed by atoms with E-state index in [1.165, 1.54) is 26.2 Å². The summed E-state index contributed by atoms with van der Waals surface area (Å²) in [5.74, 6) is -3.06. The Morgan fingerprint density at radius 1 is 0.677 bits per heavy atom. The van der Waals surface area contributed by atoms with Crippen LogP contribution in [0.4, 0.5) is 15.3 Å². The first-order chi connectivity index (χ1) is 47.1. The second-order valence-electron chi connectivity index (χ2n) is 26.7. The van der Waals surface area contributed by atoms with Crippen LogP contribution in [0.15, 0.2) is 54.6 Å². The van der Waals surface area contributed by atoms with Gasteiger partial charge in [-0.15, -0.1) is 0 Å². The van der Waals surface area contributed by atoms with E-state index in [0.29, 0.717) is 83.1 Å². The molecule has 0 spiro atoms. The summed E-state index contributed by atoms with van der Waals surface area (Å²) in [6.07, 6.45) is -0.426. The minimum absolute atomic E-state index is 0.0138. The second-order valence-corrected chi connectivity index (χ2v) is 26.7. The van der Waals surface area contributed by atoms with Gasteiger partial charge in [0.1, 0.15) is 12.4 Å². The zero-order valence-corrected chi connectivity index (χ0v) is 60.8. The van der Waals surface area contributed by atoms with Crippen molar-refractivity contribution in [2.45, 2.75) is 176 Å². The summed E-state index contributed by atoms with van der Waals surface area (Å²) in [6, 6.07) is 12.0. The van der Waals surface area contributed by atoms with Crippen LogP contribution in [-0.2, 0) is 89.4 Å². The third kappa shape index (κ3) is 30.0. The smallest absolute Gasteiger partial charge is 0.410 e. The molecule has 27 nitrogen and oxygen atoms in total. The van der Waals surface area contributed by atoms with E-state index in [1.807, 2.05) is 58.0 Å². The lowest BCUT2D eigenvalue weighted by Gasteiger charge is -2.41. The molecule has 1 aliphatic rings. The molecule has 0 unspecified atom stereocenters. The van der Waals surface area contributed by atoms with E-state index in [4.69, 9.17) is 44.8 Å². The molecule has 8 N–H and O–H groups in total. The van der Waals surface area contributed by atoms with E-state index in [-0.39, 0.29) is 131 Å². The van der Waals surface area contributed by atoms with Crippen molar-refractivity contribution < 1.29 is 91.0 Å². The van der Waals surface area contributed by atoms with Crippen molar-refractivity contribution in [3.63, 3.8) is 0 Å². The largest absolute Gasteiger partial charge is 0.481 e. The number of anilines is 1. The fourth-order valence-electron chi connectivity index (χ4n) is 12.6. The van der Waals surface area contributed by atoms with Crippen LogP contribution in [0.5, 0.6) is 0 Å². The average Bonchev–Trinajstić information content (AvgIpc) is 1.40. The Balaban J connectivity index is 1.64. The fraction of sp³-hybridized carbons (Fsp3) is 0.694. The molecule has 99 heavy (non-hydrogen) atoms. The highest BCUT2D eigenvalue weighted by atomic mass is 16.6. The molecule has 0 aliphatic carbocycles. The average molecular weight is 1400 g/mol. The van der Waals surface area contributed by atoms with E-state index in [0.717, 1.165) is 5.56 Å². The number of nitrogens with two attached hydrogens (primary N) is 2. The molecule has 7 amide bonds. The van der Waals surface area contributed by atoms with E-state index < -0.39 is 90.0 Å². The number of likely N-dealkylation sites (tertiary alicyclic amines) is 1. The van der Waals surface area contributed by atoms with Crippen LogP contribution >= 0.6 is 0 Å². The Kier molecular flexibility index (Phi) is 40.5. The quantitative estimate of drug-likeness (QED) is 0.0293. The molecule has 1 fully saturated rings. The number of urea groups is 1. The van der Waals surface area contributed by atoms with Gasteiger partial charge in [-0.3, -0.25) is 38.4 Å². The monoisotopic (exact) mass is 1400 g/mol.